The fourth-order valence-corrected chi connectivity index (χ4v) is 4.17. The van der Waals surface area contributed by atoms with Crippen LogP contribution in [0.5, 0.6) is 0 Å². The van der Waals surface area contributed by atoms with Crippen molar-refractivity contribution in [3.63, 3.8) is 0 Å². The van der Waals surface area contributed by atoms with E-state index in [-0.39, 0.29) is 17.9 Å². The van der Waals surface area contributed by atoms with Crippen molar-refractivity contribution in [3.8, 4) is 0 Å². The number of aliphatic carboxylic acids is 1. The van der Waals surface area contributed by atoms with Crippen molar-refractivity contribution in [2.24, 2.45) is 11.3 Å². The molecule has 0 aromatic heterocycles. The van der Waals surface area contributed by atoms with Crippen molar-refractivity contribution in [2.75, 3.05) is 5.75 Å². The Balaban J connectivity index is 2.52. The Kier molecular flexibility index (Phi) is 7.87. The summed E-state index contributed by atoms with van der Waals surface area (Å²) in [7, 11) is -3.77. The summed E-state index contributed by atoms with van der Waals surface area (Å²) in [6.45, 7) is 8.08. The van der Waals surface area contributed by atoms with Crippen LogP contribution in [0.2, 0.25) is 0 Å². The van der Waals surface area contributed by atoms with E-state index in [9.17, 15) is 23.1 Å². The fraction of sp³-hybridized carbons (Fsp3) is 0.882. The molecule has 25 heavy (non-hydrogen) atoms. The Morgan fingerprint density at radius 1 is 1.16 bits per heavy atom. The van der Waals surface area contributed by atoms with E-state index in [4.69, 9.17) is 0 Å². The molecule has 7 nitrogen and oxygen atoms in total. The first-order valence-electron chi connectivity index (χ1n) is 8.90. The molecule has 1 aliphatic carbocycles. The topological polar surface area (TPSA) is 113 Å². The Bertz CT molecular complexity index is 560. The summed E-state index contributed by atoms with van der Waals surface area (Å²) in [6.07, 6.45) is 4.34. The highest BCUT2D eigenvalue weighted by Crippen LogP contribution is 2.24. The Labute approximate surface area is 151 Å². The van der Waals surface area contributed by atoms with Gasteiger partial charge >= 0.3 is 5.97 Å². The number of hydrogen-bond acceptors (Lipinski definition) is 4. The van der Waals surface area contributed by atoms with Crippen LogP contribution in [0.4, 0.5) is 0 Å². The third-order valence-corrected chi connectivity index (χ3v) is 5.83. The lowest BCUT2D eigenvalue weighted by atomic mass is 9.88. The maximum Gasteiger partial charge on any atom is 0.326 e. The number of hydrogen-bond donors (Lipinski definition) is 3. The number of carboxylic acids is 1. The van der Waals surface area contributed by atoms with Gasteiger partial charge < -0.3 is 10.4 Å². The molecule has 8 heteroatoms. The molecule has 0 radical (unpaired) electrons. The average molecular weight is 377 g/mol. The van der Waals surface area contributed by atoms with Gasteiger partial charge in [0.2, 0.25) is 15.9 Å². The van der Waals surface area contributed by atoms with E-state index in [2.05, 4.69) is 17.0 Å². The monoisotopic (exact) mass is 376 g/mol. The van der Waals surface area contributed by atoms with E-state index in [1.54, 1.807) is 0 Å². The molecule has 0 aromatic rings. The summed E-state index contributed by atoms with van der Waals surface area (Å²) in [6, 6.07) is -1.21. The van der Waals surface area contributed by atoms with Gasteiger partial charge in [0.1, 0.15) is 11.8 Å². The van der Waals surface area contributed by atoms with E-state index in [0.29, 0.717) is 12.3 Å². The van der Waals surface area contributed by atoms with Gasteiger partial charge in [-0.1, -0.05) is 27.7 Å². The molecular weight excluding hydrogens is 344 g/mol. The Morgan fingerprint density at radius 2 is 1.72 bits per heavy atom. The zero-order chi connectivity index (χ0) is 19.3. The van der Waals surface area contributed by atoms with Crippen molar-refractivity contribution >= 4 is 21.9 Å². The van der Waals surface area contributed by atoms with Gasteiger partial charge in [0.15, 0.2) is 0 Å². The lowest BCUT2D eigenvalue weighted by Gasteiger charge is -2.26. The second-order valence-corrected chi connectivity index (χ2v) is 10.1. The Hall–Kier alpha value is -1.15. The molecule has 1 rings (SSSR count). The first-order chi connectivity index (χ1) is 11.4. The van der Waals surface area contributed by atoms with Crippen LogP contribution in [0, 0.1) is 11.3 Å². The quantitative estimate of drug-likeness (QED) is 0.599. The zero-order valence-corrected chi connectivity index (χ0v) is 16.5. The van der Waals surface area contributed by atoms with Gasteiger partial charge in [0, 0.05) is 6.04 Å². The molecule has 1 unspecified atom stereocenters. The highest BCUT2D eigenvalue weighted by molar-refractivity contribution is 7.90. The van der Waals surface area contributed by atoms with Gasteiger partial charge in [-0.15, -0.1) is 0 Å². The third-order valence-electron chi connectivity index (χ3n) is 4.50. The average Bonchev–Trinajstić information content (AvgIpc) is 2.43. The largest absolute Gasteiger partial charge is 0.480 e. The maximum absolute atomic E-state index is 12.1. The molecule has 1 amide bonds. The predicted octanol–water partition coefficient (Wildman–Crippen LogP) is 1.88. The first kappa shape index (κ1) is 21.9. The molecule has 3 N–H and O–H groups in total. The molecule has 146 valence electrons. The van der Waals surface area contributed by atoms with Crippen LogP contribution in [0.3, 0.4) is 0 Å². The summed E-state index contributed by atoms with van der Waals surface area (Å²) in [5, 5.41) is 11.6. The molecule has 1 atom stereocenters. The van der Waals surface area contributed by atoms with Crippen molar-refractivity contribution in [1.82, 2.24) is 10.0 Å². The molecule has 0 saturated heterocycles. The van der Waals surface area contributed by atoms with E-state index in [1.165, 1.54) is 0 Å². The van der Waals surface area contributed by atoms with E-state index in [1.807, 2.05) is 20.8 Å². The highest BCUT2D eigenvalue weighted by atomic mass is 32.2. The van der Waals surface area contributed by atoms with Crippen LogP contribution in [0.25, 0.3) is 0 Å². The number of nitrogens with one attached hydrogen (secondary N) is 2. The van der Waals surface area contributed by atoms with Crippen LogP contribution in [0.15, 0.2) is 0 Å². The molecule has 0 aliphatic heterocycles. The lowest BCUT2D eigenvalue weighted by Crippen LogP contribution is -2.47. The summed E-state index contributed by atoms with van der Waals surface area (Å²) in [5.41, 5.74) is -0.0653. The van der Waals surface area contributed by atoms with Crippen LogP contribution < -0.4 is 10.0 Å². The fourth-order valence-electron chi connectivity index (χ4n) is 2.92. The van der Waals surface area contributed by atoms with Gasteiger partial charge in [-0.05, 0) is 49.9 Å². The number of carbonyl (C=O) groups is 2. The van der Waals surface area contributed by atoms with Gasteiger partial charge in [-0.3, -0.25) is 4.79 Å². The minimum Gasteiger partial charge on any atom is -0.480 e. The zero-order valence-electron chi connectivity index (χ0n) is 15.7. The summed E-state index contributed by atoms with van der Waals surface area (Å²) < 4.78 is 26.8. The number of carboxylic acid groups (broad SMARTS) is 1. The molecule has 1 saturated carbocycles. The molecule has 0 spiro atoms. The molecule has 1 fully saturated rings. The highest BCUT2D eigenvalue weighted by Gasteiger charge is 2.27. The Morgan fingerprint density at radius 3 is 2.20 bits per heavy atom. The normalized spacial score (nSPS) is 23.0. The molecule has 1 aliphatic rings. The van der Waals surface area contributed by atoms with Gasteiger partial charge in [0.25, 0.3) is 0 Å². The van der Waals surface area contributed by atoms with E-state index < -0.39 is 33.7 Å². The standard InChI is InChI=1S/C17H32N2O5S/c1-12-5-7-13(8-6-12)19-25(23,24)11-15(20)18-14(16(21)22)9-10-17(2,3)4/h12-14,19H,5-11H2,1-4H3,(H,18,20)(H,21,22). The van der Waals surface area contributed by atoms with Crippen LogP contribution in [-0.4, -0.2) is 43.2 Å². The SMILES string of the molecule is CC1CCC(NS(=O)(=O)CC(=O)NC(CCC(C)(C)C)C(=O)O)CC1. The molecule has 0 bridgehead atoms. The van der Waals surface area contributed by atoms with Gasteiger partial charge in [0.05, 0.1) is 0 Å². The van der Waals surface area contributed by atoms with Crippen molar-refractivity contribution in [2.45, 2.75) is 78.3 Å². The van der Waals surface area contributed by atoms with E-state index >= 15 is 0 Å². The lowest BCUT2D eigenvalue weighted by molar-refractivity contribution is -0.141. The van der Waals surface area contributed by atoms with Crippen LogP contribution >= 0.6 is 0 Å². The van der Waals surface area contributed by atoms with Crippen molar-refractivity contribution in [1.29, 1.82) is 0 Å². The van der Waals surface area contributed by atoms with Gasteiger partial charge in [-0.2, -0.15) is 0 Å². The number of rotatable bonds is 8. The van der Waals surface area contributed by atoms with E-state index in [0.717, 1.165) is 25.7 Å². The third kappa shape index (κ3) is 9.21. The maximum atomic E-state index is 12.1. The molecular formula is C17H32N2O5S. The van der Waals surface area contributed by atoms with Crippen LogP contribution in [0.1, 0.15) is 66.2 Å². The number of sulfonamides is 1. The second kappa shape index (κ2) is 8.98. The minimum absolute atomic E-state index is 0.0653. The summed E-state index contributed by atoms with van der Waals surface area (Å²) in [5.74, 6) is -2.07. The summed E-state index contributed by atoms with van der Waals surface area (Å²) in [4.78, 5) is 23.3. The minimum atomic E-state index is -3.77. The van der Waals surface area contributed by atoms with Crippen molar-refractivity contribution < 1.29 is 23.1 Å². The first-order valence-corrected chi connectivity index (χ1v) is 10.6. The predicted molar refractivity (Wildman–Crippen MR) is 96.6 cm³/mol. The second-order valence-electron chi connectivity index (χ2n) is 8.39. The van der Waals surface area contributed by atoms with Gasteiger partial charge in [-0.25, -0.2) is 17.9 Å². The number of amides is 1. The summed E-state index contributed by atoms with van der Waals surface area (Å²) >= 11 is 0. The van der Waals surface area contributed by atoms with Crippen LogP contribution in [-0.2, 0) is 19.6 Å². The van der Waals surface area contributed by atoms with Crippen molar-refractivity contribution in [3.05, 3.63) is 0 Å². The number of carbonyl (C=O) groups excluding carboxylic acids is 1. The smallest absolute Gasteiger partial charge is 0.326 e. The molecule has 0 heterocycles. The molecule has 0 aromatic carbocycles.